The van der Waals surface area contributed by atoms with E-state index in [0.717, 1.165) is 17.1 Å². The Balaban J connectivity index is 1.93. The molecular weight excluding hydrogens is 242 g/mol. The second-order valence-electron chi connectivity index (χ2n) is 4.09. The van der Waals surface area contributed by atoms with Gasteiger partial charge in [0.15, 0.2) is 0 Å². The van der Waals surface area contributed by atoms with E-state index in [1.165, 1.54) is 0 Å². The zero-order valence-electron chi connectivity index (χ0n) is 10.4. The van der Waals surface area contributed by atoms with Crippen LogP contribution in [-0.2, 0) is 11.2 Å². The lowest BCUT2D eigenvalue weighted by atomic mass is 10.1. The van der Waals surface area contributed by atoms with Gasteiger partial charge in [-0.25, -0.2) is 5.48 Å². The number of hydrogen-bond acceptors (Lipinski definition) is 3. The lowest BCUT2D eigenvalue weighted by Crippen LogP contribution is -2.18. The molecule has 2 aromatic carbocycles. The molecule has 0 saturated carbocycles. The summed E-state index contributed by atoms with van der Waals surface area (Å²) in [5, 5.41) is 8.40. The fourth-order valence-corrected chi connectivity index (χ4v) is 1.66. The molecule has 0 heterocycles. The van der Waals surface area contributed by atoms with Gasteiger partial charge in [0, 0.05) is 6.42 Å². The number of aryl methyl sites for hydroxylation is 1. The van der Waals surface area contributed by atoms with E-state index in [1.807, 2.05) is 54.6 Å². The molecule has 0 atom stereocenters. The van der Waals surface area contributed by atoms with Crippen LogP contribution >= 0.6 is 0 Å². The Morgan fingerprint density at radius 3 is 2.26 bits per heavy atom. The van der Waals surface area contributed by atoms with Gasteiger partial charge in [-0.2, -0.15) is 0 Å². The fraction of sp³-hybridized carbons (Fsp3) is 0.133. The highest BCUT2D eigenvalue weighted by Crippen LogP contribution is 2.21. The van der Waals surface area contributed by atoms with Crippen LogP contribution in [0.3, 0.4) is 0 Å². The van der Waals surface area contributed by atoms with Gasteiger partial charge in [0.1, 0.15) is 11.5 Å². The van der Waals surface area contributed by atoms with Crippen molar-refractivity contribution in [3.63, 3.8) is 0 Å². The lowest BCUT2D eigenvalue weighted by Gasteiger charge is -2.06. The first-order chi connectivity index (χ1) is 9.28. The number of carbonyl (C=O) groups excluding carboxylic acids is 1. The number of rotatable bonds is 5. The molecule has 0 aliphatic rings. The minimum Gasteiger partial charge on any atom is -0.457 e. The van der Waals surface area contributed by atoms with Crippen molar-refractivity contribution >= 4 is 5.91 Å². The third-order valence-electron chi connectivity index (χ3n) is 2.67. The largest absolute Gasteiger partial charge is 0.457 e. The van der Waals surface area contributed by atoms with Crippen LogP contribution in [0.15, 0.2) is 54.6 Å². The quantitative estimate of drug-likeness (QED) is 0.639. The molecule has 0 spiro atoms. The molecule has 0 aliphatic heterocycles. The standard InChI is InChI=1S/C15H15NO3/c17-15(16-18)11-8-12-6-9-14(10-7-12)19-13-4-2-1-3-5-13/h1-7,9-10,18H,8,11H2,(H,16,17). The summed E-state index contributed by atoms with van der Waals surface area (Å²) in [6.07, 6.45) is 0.841. The highest BCUT2D eigenvalue weighted by Gasteiger charge is 2.01. The third kappa shape index (κ3) is 4.12. The average Bonchev–Trinajstić information content (AvgIpc) is 2.47. The second-order valence-corrected chi connectivity index (χ2v) is 4.09. The van der Waals surface area contributed by atoms with Gasteiger partial charge < -0.3 is 4.74 Å². The molecule has 0 radical (unpaired) electrons. The number of carbonyl (C=O) groups is 1. The monoisotopic (exact) mass is 257 g/mol. The van der Waals surface area contributed by atoms with Gasteiger partial charge in [0.25, 0.3) is 0 Å². The molecule has 0 aliphatic carbocycles. The minimum absolute atomic E-state index is 0.259. The molecule has 2 N–H and O–H groups in total. The van der Waals surface area contributed by atoms with Gasteiger partial charge >= 0.3 is 0 Å². The van der Waals surface area contributed by atoms with E-state index in [1.54, 1.807) is 5.48 Å². The number of para-hydroxylation sites is 1. The topological polar surface area (TPSA) is 58.6 Å². The van der Waals surface area contributed by atoms with Crippen LogP contribution < -0.4 is 10.2 Å². The molecule has 0 unspecified atom stereocenters. The maximum absolute atomic E-state index is 10.9. The number of ether oxygens (including phenoxy) is 1. The summed E-state index contributed by atoms with van der Waals surface area (Å²) in [4.78, 5) is 10.9. The molecule has 0 bridgehead atoms. The predicted molar refractivity (Wildman–Crippen MR) is 71.2 cm³/mol. The predicted octanol–water partition coefficient (Wildman–Crippen LogP) is 2.92. The highest BCUT2D eigenvalue weighted by molar-refractivity contribution is 5.74. The molecular formula is C15H15NO3. The van der Waals surface area contributed by atoms with Crippen LogP contribution in [0, 0.1) is 0 Å². The van der Waals surface area contributed by atoms with E-state index in [2.05, 4.69) is 0 Å². The number of hydroxylamine groups is 1. The molecule has 2 rings (SSSR count). The fourth-order valence-electron chi connectivity index (χ4n) is 1.66. The van der Waals surface area contributed by atoms with Crippen molar-refractivity contribution in [2.45, 2.75) is 12.8 Å². The zero-order valence-corrected chi connectivity index (χ0v) is 10.4. The summed E-state index contributed by atoms with van der Waals surface area (Å²) in [7, 11) is 0. The maximum atomic E-state index is 10.9. The number of benzene rings is 2. The number of hydrogen-bond donors (Lipinski definition) is 2. The van der Waals surface area contributed by atoms with Crippen molar-refractivity contribution < 1.29 is 14.7 Å². The molecule has 4 heteroatoms. The van der Waals surface area contributed by atoms with E-state index >= 15 is 0 Å². The smallest absolute Gasteiger partial charge is 0.243 e. The maximum Gasteiger partial charge on any atom is 0.243 e. The summed E-state index contributed by atoms with van der Waals surface area (Å²) < 4.78 is 5.66. The number of amides is 1. The van der Waals surface area contributed by atoms with Gasteiger partial charge in [-0.15, -0.1) is 0 Å². The SMILES string of the molecule is O=C(CCc1ccc(Oc2ccccc2)cc1)NO. The summed E-state index contributed by atoms with van der Waals surface area (Å²) in [6.45, 7) is 0. The zero-order chi connectivity index (χ0) is 13.5. The van der Waals surface area contributed by atoms with E-state index in [0.29, 0.717) is 6.42 Å². The molecule has 98 valence electrons. The van der Waals surface area contributed by atoms with Crippen molar-refractivity contribution in [3.05, 3.63) is 60.2 Å². The molecule has 4 nitrogen and oxygen atoms in total. The first-order valence-electron chi connectivity index (χ1n) is 6.03. The van der Waals surface area contributed by atoms with E-state index < -0.39 is 0 Å². The van der Waals surface area contributed by atoms with Crippen LogP contribution in [-0.4, -0.2) is 11.1 Å². The summed E-state index contributed by atoms with van der Waals surface area (Å²) in [5.74, 6) is 1.15. The molecule has 0 fully saturated rings. The molecule has 0 saturated heterocycles. The van der Waals surface area contributed by atoms with Gasteiger partial charge in [-0.3, -0.25) is 10.0 Å². The van der Waals surface area contributed by atoms with E-state index in [9.17, 15) is 4.79 Å². The molecule has 1 amide bonds. The Morgan fingerprint density at radius 1 is 1.00 bits per heavy atom. The third-order valence-corrected chi connectivity index (χ3v) is 2.67. The highest BCUT2D eigenvalue weighted by atomic mass is 16.5. The minimum atomic E-state index is -0.385. The molecule has 19 heavy (non-hydrogen) atoms. The second kappa shape index (κ2) is 6.56. The first kappa shape index (κ1) is 13.1. The van der Waals surface area contributed by atoms with Crippen molar-refractivity contribution in [2.75, 3.05) is 0 Å². The lowest BCUT2D eigenvalue weighted by molar-refractivity contribution is -0.129. The van der Waals surface area contributed by atoms with Crippen molar-refractivity contribution in [3.8, 4) is 11.5 Å². The van der Waals surface area contributed by atoms with E-state index in [4.69, 9.17) is 9.94 Å². The van der Waals surface area contributed by atoms with E-state index in [-0.39, 0.29) is 12.3 Å². The molecule has 2 aromatic rings. The van der Waals surface area contributed by atoms with Crippen molar-refractivity contribution in [2.24, 2.45) is 0 Å². The number of nitrogens with one attached hydrogen (secondary N) is 1. The Hall–Kier alpha value is -2.33. The Labute approximate surface area is 111 Å². The average molecular weight is 257 g/mol. The van der Waals surface area contributed by atoms with Gasteiger partial charge in [-0.1, -0.05) is 30.3 Å². The normalized spacial score (nSPS) is 9.95. The van der Waals surface area contributed by atoms with Gasteiger partial charge in [0.05, 0.1) is 0 Å². The van der Waals surface area contributed by atoms with Crippen LogP contribution in [0.1, 0.15) is 12.0 Å². The van der Waals surface area contributed by atoms with Crippen LogP contribution in [0.25, 0.3) is 0 Å². The summed E-state index contributed by atoms with van der Waals surface area (Å²) in [6, 6.07) is 17.1. The van der Waals surface area contributed by atoms with Gasteiger partial charge in [0.2, 0.25) is 5.91 Å². The van der Waals surface area contributed by atoms with Gasteiger partial charge in [-0.05, 0) is 36.2 Å². The Morgan fingerprint density at radius 2 is 1.63 bits per heavy atom. The van der Waals surface area contributed by atoms with Crippen molar-refractivity contribution in [1.29, 1.82) is 0 Å². The van der Waals surface area contributed by atoms with Crippen LogP contribution in [0.4, 0.5) is 0 Å². The summed E-state index contributed by atoms with van der Waals surface area (Å²) in [5.41, 5.74) is 2.63. The molecule has 0 aromatic heterocycles. The Kier molecular flexibility index (Phi) is 4.53. The first-order valence-corrected chi connectivity index (χ1v) is 6.03. The summed E-state index contributed by atoms with van der Waals surface area (Å²) >= 11 is 0. The van der Waals surface area contributed by atoms with Crippen LogP contribution in [0.2, 0.25) is 0 Å². The Bertz CT molecular complexity index is 523. The van der Waals surface area contributed by atoms with Crippen molar-refractivity contribution in [1.82, 2.24) is 5.48 Å². The van der Waals surface area contributed by atoms with Crippen LogP contribution in [0.5, 0.6) is 11.5 Å².